The fraction of sp³-hybridized carbons (Fsp3) is 0.667. The number of hydrogen-bond donors (Lipinski definition) is 3. The van der Waals surface area contributed by atoms with Gasteiger partial charge in [0.05, 0.1) is 36.1 Å². The van der Waals surface area contributed by atoms with Gasteiger partial charge in [-0.1, -0.05) is 19.3 Å². The summed E-state index contributed by atoms with van der Waals surface area (Å²) in [6.45, 7) is 6.60. The van der Waals surface area contributed by atoms with E-state index in [1.54, 1.807) is 34.8 Å². The Labute approximate surface area is 139 Å². The topological polar surface area (TPSA) is 99.9 Å². The molecule has 3 amide bonds. The molecule has 0 spiro atoms. The lowest BCUT2D eigenvalue weighted by atomic mass is 10.4. The highest BCUT2D eigenvalue weighted by Crippen LogP contribution is 2.01. The van der Waals surface area contributed by atoms with Gasteiger partial charge in [0.1, 0.15) is 0 Å². The third kappa shape index (κ3) is 11.1. The summed E-state index contributed by atoms with van der Waals surface area (Å²) >= 11 is 1.80. The van der Waals surface area contributed by atoms with Crippen molar-refractivity contribution in [1.29, 1.82) is 0 Å². The Hall–Kier alpha value is -1.25. The fourth-order valence-electron chi connectivity index (χ4n) is 1.26. The molecule has 1 aliphatic rings. The molecule has 0 radical (unpaired) electrons. The zero-order valence-electron chi connectivity index (χ0n) is 12.3. The van der Waals surface area contributed by atoms with Gasteiger partial charge in [-0.3, -0.25) is 5.43 Å². The first-order chi connectivity index (χ1) is 10.0. The smallest absolute Gasteiger partial charge is 0.430 e. The summed E-state index contributed by atoms with van der Waals surface area (Å²) in [5.74, 6) is 2.61. The number of halogens is 1. The quantitative estimate of drug-likeness (QED) is 0.211. The van der Waals surface area contributed by atoms with Crippen molar-refractivity contribution in [1.82, 2.24) is 18.9 Å². The summed E-state index contributed by atoms with van der Waals surface area (Å²) in [7, 11) is 0. The van der Waals surface area contributed by atoms with Gasteiger partial charge in [0.25, 0.3) is 0 Å². The number of hydrogen-bond acceptors (Lipinski definition) is 5. The van der Waals surface area contributed by atoms with E-state index in [0.717, 1.165) is 25.9 Å². The lowest BCUT2D eigenvalue weighted by molar-refractivity contribution is 0.138. The van der Waals surface area contributed by atoms with Crippen LogP contribution in [0.15, 0.2) is 0 Å². The molecule has 1 aliphatic heterocycles. The molecule has 1 saturated heterocycles. The molecule has 0 aromatic carbocycles. The average Bonchev–Trinajstić information content (AvgIpc) is 2.92. The van der Waals surface area contributed by atoms with Crippen molar-refractivity contribution in [2.75, 3.05) is 26.4 Å². The number of primary amides is 1. The minimum absolute atomic E-state index is 0.390. The third-order valence-corrected chi connectivity index (χ3v) is 2.86. The van der Waals surface area contributed by atoms with Crippen LogP contribution in [0.2, 0.25) is 0 Å². The van der Waals surface area contributed by atoms with Crippen LogP contribution in [0.5, 0.6) is 0 Å². The van der Waals surface area contributed by atoms with E-state index in [1.165, 1.54) is 3.11 Å². The number of rotatable bonds is 4. The molecule has 1 fully saturated rings. The Morgan fingerprint density at radius 3 is 2.76 bits per heavy atom. The summed E-state index contributed by atoms with van der Waals surface area (Å²) in [5.41, 5.74) is 7.30. The van der Waals surface area contributed by atoms with Gasteiger partial charge in [0.15, 0.2) is 0 Å². The second-order valence-electron chi connectivity index (χ2n) is 4.01. The summed E-state index contributed by atoms with van der Waals surface area (Å²) < 4.78 is 6.09. The average molecular weight is 411 g/mol. The van der Waals surface area contributed by atoms with Crippen molar-refractivity contribution in [3.05, 3.63) is 0 Å². The predicted molar refractivity (Wildman–Crippen MR) is 87.9 cm³/mol. The van der Waals surface area contributed by atoms with E-state index in [1.807, 2.05) is 6.92 Å². The van der Waals surface area contributed by atoms with Crippen LogP contribution < -0.4 is 16.5 Å². The molecule has 0 bridgehead atoms. The molecule has 0 saturated carbocycles. The van der Waals surface area contributed by atoms with Gasteiger partial charge in [0.2, 0.25) is 0 Å². The van der Waals surface area contributed by atoms with E-state index in [9.17, 15) is 9.59 Å². The number of hydrazine groups is 1. The molecule has 9 heteroatoms. The van der Waals surface area contributed by atoms with Gasteiger partial charge >= 0.3 is 12.1 Å². The first kappa shape index (κ1) is 19.8. The number of nitrogens with one attached hydrogen (secondary N) is 2. The monoisotopic (exact) mass is 411 g/mol. The number of urea groups is 1. The molecule has 0 atom stereocenters. The van der Waals surface area contributed by atoms with Crippen molar-refractivity contribution in [2.24, 2.45) is 5.73 Å². The number of carbonyl (C=O) groups excluding carboxylic acids is 2. The maximum atomic E-state index is 11.0. The number of carbonyl (C=O) groups is 2. The maximum Gasteiger partial charge on any atom is 0.430 e. The molecule has 1 heterocycles. The number of amides is 3. The molecule has 8 nitrogen and oxygen atoms in total. The largest absolute Gasteiger partial charge is 0.448 e. The van der Waals surface area contributed by atoms with Crippen LogP contribution in [0.3, 0.4) is 0 Å². The Morgan fingerprint density at radius 1 is 1.57 bits per heavy atom. The lowest BCUT2D eigenvalue weighted by Gasteiger charge is -2.12. The summed E-state index contributed by atoms with van der Waals surface area (Å²) in [4.78, 5) is 21.2. The van der Waals surface area contributed by atoms with Gasteiger partial charge in [0, 0.05) is 19.1 Å². The second-order valence-corrected chi connectivity index (χ2v) is 4.97. The Bertz CT molecular complexity index is 377. The number of unbranched alkanes of at least 4 members (excludes halogenated alkanes) is 1. The van der Waals surface area contributed by atoms with E-state index in [-0.39, 0.29) is 0 Å². The van der Waals surface area contributed by atoms with Gasteiger partial charge < -0.3 is 15.8 Å². The molecule has 1 rings (SSSR count). The van der Waals surface area contributed by atoms with Crippen LogP contribution in [0.4, 0.5) is 9.59 Å². The van der Waals surface area contributed by atoms with Crippen molar-refractivity contribution in [2.45, 2.75) is 26.7 Å². The zero-order valence-corrected chi connectivity index (χ0v) is 14.5. The zero-order chi connectivity index (χ0) is 16.1. The summed E-state index contributed by atoms with van der Waals surface area (Å²) in [6.07, 6.45) is 1.53. The lowest BCUT2D eigenvalue weighted by Crippen LogP contribution is -2.44. The number of ether oxygens (including phenoxy) is 1. The van der Waals surface area contributed by atoms with E-state index in [4.69, 9.17) is 10.5 Å². The molecule has 120 valence electrons. The third-order valence-electron chi connectivity index (χ3n) is 2.22. The van der Waals surface area contributed by atoms with Gasteiger partial charge in [-0.25, -0.2) is 14.6 Å². The molecular weight excluding hydrogens is 389 g/mol. The second kappa shape index (κ2) is 12.5. The number of nitrogens with two attached hydrogens (primary N) is 1. The van der Waals surface area contributed by atoms with Crippen LogP contribution in [-0.4, -0.2) is 46.6 Å². The van der Waals surface area contributed by atoms with Crippen molar-refractivity contribution >= 4 is 35.0 Å². The normalized spacial score (nSPS) is 13.3. The predicted octanol–water partition coefficient (Wildman–Crippen LogP) is 0.988. The highest BCUT2D eigenvalue weighted by molar-refractivity contribution is 14.1. The van der Waals surface area contributed by atoms with E-state index in [2.05, 4.69) is 22.7 Å². The van der Waals surface area contributed by atoms with Crippen LogP contribution in [-0.2, 0) is 4.74 Å². The van der Waals surface area contributed by atoms with Crippen LogP contribution in [0.25, 0.3) is 0 Å². The first-order valence-electron chi connectivity index (χ1n) is 6.58. The van der Waals surface area contributed by atoms with Crippen LogP contribution in [0.1, 0.15) is 26.7 Å². The molecule has 0 aromatic rings. The van der Waals surface area contributed by atoms with Crippen molar-refractivity contribution < 1.29 is 14.3 Å². The number of nitrogens with zero attached hydrogens (tertiary/aromatic N) is 2. The molecule has 4 N–H and O–H groups in total. The van der Waals surface area contributed by atoms with Crippen LogP contribution >= 0.6 is 22.9 Å². The van der Waals surface area contributed by atoms with E-state index in [0.29, 0.717) is 13.3 Å². The summed E-state index contributed by atoms with van der Waals surface area (Å²) in [6, 6.07) is 2.07. The van der Waals surface area contributed by atoms with E-state index >= 15 is 0 Å². The van der Waals surface area contributed by atoms with E-state index < -0.39 is 12.1 Å². The highest BCUT2D eigenvalue weighted by Gasteiger charge is 2.10. The van der Waals surface area contributed by atoms with Gasteiger partial charge in [-0.15, -0.1) is 0 Å². The maximum absolute atomic E-state index is 11.0. The minimum atomic E-state index is -0.501. The SMILES string of the molecule is CC#CN(I)C(=O)OCCCC.NC(=O)NN1CCNC1. The molecule has 21 heavy (non-hydrogen) atoms. The van der Waals surface area contributed by atoms with Crippen LogP contribution in [0, 0.1) is 12.0 Å². The Kier molecular flexibility index (Phi) is 11.7. The highest BCUT2D eigenvalue weighted by atomic mass is 127. The molecule has 0 unspecified atom stereocenters. The molecular formula is C12H22IN5O3. The minimum Gasteiger partial charge on any atom is -0.448 e. The Balaban J connectivity index is 0.000000394. The van der Waals surface area contributed by atoms with Crippen molar-refractivity contribution in [3.8, 4) is 12.0 Å². The molecule has 0 aliphatic carbocycles. The van der Waals surface area contributed by atoms with Crippen molar-refractivity contribution in [3.63, 3.8) is 0 Å². The molecule has 0 aromatic heterocycles. The van der Waals surface area contributed by atoms with Gasteiger partial charge in [-0.05, 0) is 13.3 Å². The van der Waals surface area contributed by atoms with Gasteiger partial charge in [-0.2, -0.15) is 3.11 Å². The Morgan fingerprint density at radius 2 is 2.29 bits per heavy atom. The standard InChI is InChI=1S/C8H12INO2.C4H10N4O/c1-3-5-7-12-8(11)10(9)6-4-2;5-4(9)7-8-2-1-6-3-8/h3,5,7H2,1-2H3;6H,1-3H2,(H3,5,7,9). The fourth-order valence-corrected chi connectivity index (χ4v) is 1.64. The first-order valence-corrected chi connectivity index (χ1v) is 7.54. The summed E-state index contributed by atoms with van der Waals surface area (Å²) in [5, 5.41) is 4.76.